The Balaban J connectivity index is 2.69. The van der Waals surface area contributed by atoms with E-state index in [4.69, 9.17) is 0 Å². The summed E-state index contributed by atoms with van der Waals surface area (Å²) < 4.78 is 8.75. The third-order valence-electron chi connectivity index (χ3n) is 1.10. The van der Waals surface area contributed by atoms with E-state index < -0.39 is 11.1 Å². The molecule has 0 saturated carbocycles. The van der Waals surface area contributed by atoms with Crippen molar-refractivity contribution in [1.82, 2.24) is 0 Å². The predicted molar refractivity (Wildman–Crippen MR) is 44.0 cm³/mol. The topological polar surface area (TPSA) is 78.7 Å². The number of nitro groups is 1. The highest BCUT2D eigenvalue weighted by atomic mass is 32.1. The molecule has 0 fully saturated rings. The van der Waals surface area contributed by atoms with E-state index in [0.717, 1.165) is 18.4 Å². The second kappa shape index (κ2) is 3.85. The fourth-order valence-electron chi connectivity index (χ4n) is 0.587. The van der Waals surface area contributed by atoms with Crippen LogP contribution in [0.15, 0.2) is 12.1 Å². The van der Waals surface area contributed by atoms with Gasteiger partial charge >= 0.3 is 11.2 Å². The summed E-state index contributed by atoms with van der Waals surface area (Å²) in [6.07, 6.45) is -0.892. The Labute approximate surface area is 76.8 Å². The first-order chi connectivity index (χ1) is 6.13. The Hall–Kier alpha value is -1.63. The molecule has 1 aromatic rings. The zero-order valence-corrected chi connectivity index (χ0v) is 7.37. The average molecular weight is 203 g/mol. The van der Waals surface area contributed by atoms with Crippen LogP contribution in [0.25, 0.3) is 0 Å². The van der Waals surface area contributed by atoms with Crippen LogP contribution in [0.4, 0.5) is 9.80 Å². The molecule has 70 valence electrons. The maximum atomic E-state index is 10.6. The molecule has 0 saturated heterocycles. The first-order valence-corrected chi connectivity index (χ1v) is 3.95. The van der Waals surface area contributed by atoms with Gasteiger partial charge in [-0.1, -0.05) is 0 Å². The molecule has 1 rings (SSSR count). The fraction of sp³-hybridized carbons (Fsp3) is 0.167. The normalized spacial score (nSPS) is 9.31. The van der Waals surface area contributed by atoms with Gasteiger partial charge in [-0.2, -0.15) is 0 Å². The monoisotopic (exact) mass is 203 g/mol. The summed E-state index contributed by atoms with van der Waals surface area (Å²) >= 11 is 0.763. The predicted octanol–water partition coefficient (Wildman–Crippen LogP) is 1.80. The quantitative estimate of drug-likeness (QED) is 0.416. The van der Waals surface area contributed by atoms with Crippen molar-refractivity contribution in [3.05, 3.63) is 22.2 Å². The first-order valence-electron chi connectivity index (χ1n) is 3.13. The first kappa shape index (κ1) is 9.46. The molecule has 0 aliphatic rings. The molecule has 6 nitrogen and oxygen atoms in total. The number of ether oxygens (including phenoxy) is 2. The number of rotatable bonds is 2. The van der Waals surface area contributed by atoms with E-state index in [1.807, 2.05) is 0 Å². The van der Waals surface area contributed by atoms with Crippen molar-refractivity contribution >= 4 is 22.5 Å². The van der Waals surface area contributed by atoms with Crippen LogP contribution in [0.5, 0.6) is 5.06 Å². The smallest absolute Gasteiger partial charge is 0.437 e. The van der Waals surface area contributed by atoms with Gasteiger partial charge in [0.1, 0.15) is 0 Å². The third kappa shape index (κ3) is 2.41. The maximum Gasteiger partial charge on any atom is 0.514 e. The summed E-state index contributed by atoms with van der Waals surface area (Å²) in [7, 11) is 1.16. The van der Waals surface area contributed by atoms with Crippen LogP contribution in [0.2, 0.25) is 0 Å². The molecule has 0 aliphatic heterocycles. The molecule has 13 heavy (non-hydrogen) atoms. The molecule has 0 aromatic carbocycles. The van der Waals surface area contributed by atoms with Crippen molar-refractivity contribution in [2.24, 2.45) is 0 Å². The standard InChI is InChI=1S/C6H5NO5S/c1-11-6(8)12-5-3-2-4(13-5)7(9)10/h2-3H,1H3. The van der Waals surface area contributed by atoms with Gasteiger partial charge in [0.05, 0.1) is 12.0 Å². The van der Waals surface area contributed by atoms with Gasteiger partial charge in [0.2, 0.25) is 0 Å². The number of methoxy groups -OCH3 is 1. The number of carbonyl (C=O) groups excluding carboxylic acids is 1. The minimum absolute atomic E-state index is 0.0843. The second-order valence-electron chi connectivity index (χ2n) is 1.91. The van der Waals surface area contributed by atoms with E-state index in [1.165, 1.54) is 12.1 Å². The molecule has 0 radical (unpaired) electrons. The van der Waals surface area contributed by atoms with Crippen molar-refractivity contribution < 1.29 is 19.2 Å². The van der Waals surface area contributed by atoms with Crippen LogP contribution < -0.4 is 4.74 Å². The Morgan fingerprint density at radius 2 is 2.31 bits per heavy atom. The molecule has 1 aromatic heterocycles. The lowest BCUT2D eigenvalue weighted by atomic mass is 10.6. The van der Waals surface area contributed by atoms with E-state index in [-0.39, 0.29) is 10.1 Å². The number of nitrogens with zero attached hydrogens (tertiary/aromatic N) is 1. The van der Waals surface area contributed by atoms with Crippen LogP contribution in [0.3, 0.4) is 0 Å². The summed E-state index contributed by atoms with van der Waals surface area (Å²) in [6, 6.07) is 2.59. The Kier molecular flexibility index (Phi) is 2.80. The molecule has 1 heterocycles. The highest BCUT2D eigenvalue weighted by Gasteiger charge is 2.13. The van der Waals surface area contributed by atoms with Crippen LogP contribution in [0.1, 0.15) is 0 Å². The largest absolute Gasteiger partial charge is 0.514 e. The molecule has 0 bridgehead atoms. The lowest BCUT2D eigenvalue weighted by molar-refractivity contribution is -0.380. The maximum absolute atomic E-state index is 10.6. The van der Waals surface area contributed by atoms with E-state index in [9.17, 15) is 14.9 Å². The van der Waals surface area contributed by atoms with Gasteiger partial charge in [-0.25, -0.2) is 4.79 Å². The summed E-state index contributed by atoms with van der Waals surface area (Å²) in [5.41, 5.74) is 0. The molecular formula is C6H5NO5S. The lowest BCUT2D eigenvalue weighted by Gasteiger charge is -1.95. The molecule has 0 unspecified atom stereocenters. The molecule has 0 atom stereocenters. The summed E-state index contributed by atoms with van der Waals surface area (Å²) in [5, 5.41) is 10.3. The molecule has 0 N–H and O–H groups in total. The SMILES string of the molecule is COC(=O)Oc1ccc([N+](=O)[O-])s1. The molecule has 0 spiro atoms. The van der Waals surface area contributed by atoms with E-state index in [0.29, 0.717) is 0 Å². The van der Waals surface area contributed by atoms with Gasteiger partial charge in [0.25, 0.3) is 0 Å². The Morgan fingerprint density at radius 1 is 1.62 bits per heavy atom. The Morgan fingerprint density at radius 3 is 2.77 bits per heavy atom. The van der Waals surface area contributed by atoms with Gasteiger partial charge in [-0.3, -0.25) is 10.1 Å². The van der Waals surface area contributed by atoms with Crippen LogP contribution >= 0.6 is 11.3 Å². The van der Waals surface area contributed by atoms with Gasteiger partial charge in [0, 0.05) is 6.07 Å². The van der Waals surface area contributed by atoms with Crippen molar-refractivity contribution in [3.63, 3.8) is 0 Å². The van der Waals surface area contributed by atoms with Crippen molar-refractivity contribution in [2.45, 2.75) is 0 Å². The highest BCUT2D eigenvalue weighted by Crippen LogP contribution is 2.30. The Bertz CT molecular complexity index is 334. The lowest BCUT2D eigenvalue weighted by Crippen LogP contribution is -2.05. The summed E-state index contributed by atoms with van der Waals surface area (Å²) in [5.74, 6) is 0. The van der Waals surface area contributed by atoms with Gasteiger partial charge < -0.3 is 9.47 Å². The van der Waals surface area contributed by atoms with E-state index >= 15 is 0 Å². The molecule has 7 heteroatoms. The molecule has 0 amide bonds. The third-order valence-corrected chi connectivity index (χ3v) is 2.01. The summed E-state index contributed by atoms with van der Waals surface area (Å²) in [4.78, 5) is 20.2. The average Bonchev–Trinajstić information content (AvgIpc) is 2.52. The number of hydrogen-bond acceptors (Lipinski definition) is 6. The second-order valence-corrected chi connectivity index (χ2v) is 2.93. The zero-order chi connectivity index (χ0) is 9.84. The van der Waals surface area contributed by atoms with E-state index in [2.05, 4.69) is 9.47 Å². The molecular weight excluding hydrogens is 198 g/mol. The van der Waals surface area contributed by atoms with Crippen molar-refractivity contribution in [1.29, 1.82) is 0 Å². The van der Waals surface area contributed by atoms with Crippen LogP contribution in [-0.4, -0.2) is 18.2 Å². The van der Waals surface area contributed by atoms with Gasteiger partial charge in [-0.15, -0.1) is 0 Å². The van der Waals surface area contributed by atoms with Gasteiger partial charge in [0.15, 0.2) is 5.06 Å². The van der Waals surface area contributed by atoms with Crippen molar-refractivity contribution in [3.8, 4) is 5.06 Å². The van der Waals surface area contributed by atoms with Gasteiger partial charge in [-0.05, 0) is 17.4 Å². The fourth-order valence-corrected chi connectivity index (χ4v) is 1.25. The highest BCUT2D eigenvalue weighted by molar-refractivity contribution is 7.17. The zero-order valence-electron chi connectivity index (χ0n) is 6.55. The number of carbonyl (C=O) groups is 1. The van der Waals surface area contributed by atoms with Crippen LogP contribution in [0, 0.1) is 10.1 Å². The minimum Gasteiger partial charge on any atom is -0.437 e. The molecule has 0 aliphatic carbocycles. The minimum atomic E-state index is -0.892. The van der Waals surface area contributed by atoms with Crippen molar-refractivity contribution in [2.75, 3.05) is 7.11 Å². The van der Waals surface area contributed by atoms with Crippen LogP contribution in [-0.2, 0) is 4.74 Å². The number of hydrogen-bond donors (Lipinski definition) is 0. The summed E-state index contributed by atoms with van der Waals surface area (Å²) in [6.45, 7) is 0. The van der Waals surface area contributed by atoms with E-state index in [1.54, 1.807) is 0 Å². The number of thiophene rings is 1.